The van der Waals surface area contributed by atoms with Crippen molar-refractivity contribution in [2.75, 3.05) is 12.4 Å². The van der Waals surface area contributed by atoms with Crippen molar-refractivity contribution in [3.63, 3.8) is 0 Å². The van der Waals surface area contributed by atoms with Crippen LogP contribution >= 0.6 is 0 Å². The molecular formula is C22H14F7N3O6. The highest BCUT2D eigenvalue weighted by Crippen LogP contribution is 2.40. The third-order valence-electron chi connectivity index (χ3n) is 4.24. The van der Waals surface area contributed by atoms with E-state index in [1.165, 1.54) is 0 Å². The van der Waals surface area contributed by atoms with Crippen molar-refractivity contribution in [3.05, 3.63) is 65.7 Å². The molecule has 3 aromatic rings. The molecule has 0 fully saturated rings. The van der Waals surface area contributed by atoms with Crippen LogP contribution in [0.15, 0.2) is 48.7 Å². The monoisotopic (exact) mass is 552 g/mol. The van der Waals surface area contributed by atoms with Crippen LogP contribution in [0.1, 0.15) is 25.0 Å². The summed E-state index contributed by atoms with van der Waals surface area (Å²) < 4.78 is 130. The minimum atomic E-state index is -5.33. The maximum atomic E-state index is 15.0. The van der Waals surface area contributed by atoms with Gasteiger partial charge in [0.05, 0.1) is 11.2 Å². The molecule has 0 atom stereocenters. The molecule has 16 heteroatoms. The summed E-state index contributed by atoms with van der Waals surface area (Å²) in [5, 5.41) is 2.14. The Morgan fingerprint density at radius 2 is 1.58 bits per heavy atom. The minimum absolute atomic E-state index is 0.167. The van der Waals surface area contributed by atoms with E-state index in [1.807, 2.05) is 0 Å². The van der Waals surface area contributed by atoms with Crippen LogP contribution in [0.2, 0.25) is 0 Å². The number of nitrogens with one attached hydrogen (secondary N) is 1. The van der Waals surface area contributed by atoms with Crippen molar-refractivity contribution < 1.29 is 63.4 Å². The van der Waals surface area contributed by atoms with E-state index >= 15 is 4.39 Å². The predicted molar refractivity (Wildman–Crippen MR) is 114 cm³/mol. The lowest BCUT2D eigenvalue weighted by atomic mass is 10.1. The average molecular weight is 552 g/mol. The summed E-state index contributed by atoms with van der Waals surface area (Å²) in [5.74, 6) is -8.97. The molecule has 0 spiro atoms. The maximum Gasteiger partial charge on any atom is 0.573 e. The lowest BCUT2D eigenvalue weighted by Gasteiger charge is -2.17. The molecule has 0 radical (unpaired) electrons. The minimum Gasteiger partial charge on any atom is -0.493 e. The summed E-state index contributed by atoms with van der Waals surface area (Å²) in [6.45, 7) is 0. The van der Waals surface area contributed by atoms with E-state index in [9.17, 15) is 35.9 Å². The van der Waals surface area contributed by atoms with Crippen LogP contribution in [0.25, 0.3) is 0 Å². The first-order valence-corrected chi connectivity index (χ1v) is 9.73. The zero-order valence-electron chi connectivity index (χ0n) is 21.2. The van der Waals surface area contributed by atoms with Gasteiger partial charge in [-0.2, -0.15) is 0 Å². The average Bonchev–Trinajstić information content (AvgIpc) is 2.77. The Morgan fingerprint density at radius 1 is 0.921 bits per heavy atom. The molecule has 202 valence electrons. The number of pyridine rings is 1. The molecule has 0 aliphatic heterocycles. The molecular weight excluding hydrogens is 535 g/mol. The SMILES string of the molecule is [2H]C([2H])([2H])Oc1cc(OC(F)(F)F)ccc1Oc1cc(OC(F)(F)F)cc(F)c1C(=O)Nc1ccnc(C(N)=O)c1. The van der Waals surface area contributed by atoms with E-state index in [2.05, 4.69) is 24.5 Å². The van der Waals surface area contributed by atoms with Gasteiger partial charge in [-0.25, -0.2) is 4.39 Å². The number of carbonyl (C=O) groups excluding carboxylic acids is 2. The predicted octanol–water partition coefficient (Wildman–Crippen LogP) is 5.17. The van der Waals surface area contributed by atoms with E-state index in [-0.39, 0.29) is 17.4 Å². The van der Waals surface area contributed by atoms with Crippen LogP contribution in [0, 0.1) is 5.82 Å². The Hall–Kier alpha value is -4.76. The van der Waals surface area contributed by atoms with Crippen LogP contribution in [-0.4, -0.2) is 36.6 Å². The van der Waals surface area contributed by atoms with Crippen molar-refractivity contribution in [3.8, 4) is 28.7 Å². The number of anilines is 1. The van der Waals surface area contributed by atoms with Crippen LogP contribution < -0.4 is 30.0 Å². The Balaban J connectivity index is 2.11. The van der Waals surface area contributed by atoms with Crippen LogP contribution in [0.5, 0.6) is 28.7 Å². The zero-order chi connectivity index (χ0) is 30.8. The first-order valence-electron chi connectivity index (χ1n) is 11.2. The fraction of sp³-hybridized carbons (Fsp3) is 0.136. The molecule has 1 aromatic heterocycles. The number of methoxy groups -OCH3 is 1. The number of halogens is 7. The fourth-order valence-electron chi connectivity index (χ4n) is 2.86. The highest BCUT2D eigenvalue weighted by Gasteiger charge is 2.33. The van der Waals surface area contributed by atoms with Gasteiger partial charge in [-0.05, 0) is 24.3 Å². The largest absolute Gasteiger partial charge is 0.573 e. The summed E-state index contributed by atoms with van der Waals surface area (Å²) in [7, 11) is -3.29. The Morgan fingerprint density at radius 3 is 2.21 bits per heavy atom. The number of alkyl halides is 6. The molecule has 0 aliphatic rings. The number of primary amides is 1. The van der Waals surface area contributed by atoms with Gasteiger partial charge >= 0.3 is 12.7 Å². The van der Waals surface area contributed by atoms with E-state index < -0.39 is 71.7 Å². The Kier molecular flexibility index (Phi) is 6.65. The van der Waals surface area contributed by atoms with Crippen LogP contribution in [-0.2, 0) is 0 Å². The van der Waals surface area contributed by atoms with Gasteiger partial charge in [0.25, 0.3) is 11.8 Å². The summed E-state index contributed by atoms with van der Waals surface area (Å²) in [5.41, 5.74) is 3.54. The maximum absolute atomic E-state index is 15.0. The topological polar surface area (TPSA) is 122 Å². The summed E-state index contributed by atoms with van der Waals surface area (Å²) >= 11 is 0. The number of hydrogen-bond donors (Lipinski definition) is 2. The molecule has 3 rings (SSSR count). The van der Waals surface area contributed by atoms with Crippen LogP contribution in [0.4, 0.5) is 36.4 Å². The van der Waals surface area contributed by atoms with Crippen molar-refractivity contribution in [1.29, 1.82) is 0 Å². The van der Waals surface area contributed by atoms with Crippen molar-refractivity contribution in [2.45, 2.75) is 12.7 Å². The molecule has 2 aromatic carbocycles. The van der Waals surface area contributed by atoms with Gasteiger partial charge in [0.15, 0.2) is 11.5 Å². The molecule has 0 unspecified atom stereocenters. The smallest absolute Gasteiger partial charge is 0.493 e. The third kappa shape index (κ3) is 7.37. The second-order valence-corrected chi connectivity index (χ2v) is 6.93. The van der Waals surface area contributed by atoms with Crippen LogP contribution in [0.3, 0.4) is 0 Å². The number of ether oxygens (including phenoxy) is 4. The van der Waals surface area contributed by atoms with Gasteiger partial charge in [0.2, 0.25) is 0 Å². The molecule has 1 heterocycles. The lowest BCUT2D eigenvalue weighted by Crippen LogP contribution is -2.19. The highest BCUT2D eigenvalue weighted by atomic mass is 19.4. The third-order valence-corrected chi connectivity index (χ3v) is 4.24. The Labute approximate surface area is 212 Å². The number of rotatable bonds is 8. The second kappa shape index (κ2) is 10.7. The van der Waals surface area contributed by atoms with Crippen molar-refractivity contribution in [1.82, 2.24) is 4.98 Å². The molecule has 38 heavy (non-hydrogen) atoms. The van der Waals surface area contributed by atoms with E-state index in [0.29, 0.717) is 24.3 Å². The number of nitrogens with two attached hydrogens (primary N) is 1. The summed E-state index contributed by atoms with van der Waals surface area (Å²) in [6.07, 6.45) is -9.49. The number of amides is 2. The fourth-order valence-corrected chi connectivity index (χ4v) is 2.86. The molecule has 0 saturated heterocycles. The highest BCUT2D eigenvalue weighted by molar-refractivity contribution is 6.07. The number of aromatic nitrogens is 1. The van der Waals surface area contributed by atoms with Gasteiger partial charge in [-0.15, -0.1) is 26.3 Å². The normalized spacial score (nSPS) is 13.0. The standard InChI is InChI=1S/C22H14F7N3O6/c1-35-16-8-11(37-21(24,25)26)2-3-15(16)36-17-9-12(38-22(27,28)29)7-13(23)18(17)20(34)32-10-4-5-31-14(6-10)19(30)33/h2-9H,1H3,(H2,30,33)(H,31,32,34)/i1D3. The van der Waals surface area contributed by atoms with E-state index in [1.54, 1.807) is 0 Å². The van der Waals surface area contributed by atoms with E-state index in [0.717, 1.165) is 18.3 Å². The second-order valence-electron chi connectivity index (χ2n) is 6.93. The lowest BCUT2D eigenvalue weighted by molar-refractivity contribution is -0.275. The first kappa shape index (κ1) is 23.6. The van der Waals surface area contributed by atoms with Crippen molar-refractivity contribution >= 4 is 17.5 Å². The van der Waals surface area contributed by atoms with Gasteiger partial charge in [0.1, 0.15) is 34.3 Å². The zero-order valence-corrected chi connectivity index (χ0v) is 18.2. The number of hydrogen-bond acceptors (Lipinski definition) is 7. The number of carbonyl (C=O) groups is 2. The number of benzene rings is 2. The molecule has 0 saturated carbocycles. The van der Waals surface area contributed by atoms with Crippen molar-refractivity contribution in [2.24, 2.45) is 5.73 Å². The molecule has 2 amide bonds. The van der Waals surface area contributed by atoms with Gasteiger partial charge in [0, 0.05) is 30.1 Å². The van der Waals surface area contributed by atoms with Gasteiger partial charge < -0.3 is 30.0 Å². The molecule has 0 aliphatic carbocycles. The van der Waals surface area contributed by atoms with Gasteiger partial charge in [-0.3, -0.25) is 14.6 Å². The Bertz CT molecular complexity index is 1470. The van der Waals surface area contributed by atoms with E-state index in [4.69, 9.17) is 14.6 Å². The summed E-state index contributed by atoms with van der Waals surface area (Å²) in [6, 6.07) is 4.39. The molecule has 0 bridgehead atoms. The van der Waals surface area contributed by atoms with Gasteiger partial charge in [-0.1, -0.05) is 0 Å². The number of nitrogens with zero attached hydrogens (tertiary/aromatic N) is 1. The first-order chi connectivity index (χ1) is 18.8. The quantitative estimate of drug-likeness (QED) is 0.370. The molecule has 3 N–H and O–H groups in total. The summed E-state index contributed by atoms with van der Waals surface area (Å²) in [4.78, 5) is 27.9. The molecule has 9 nitrogen and oxygen atoms in total.